The molecule has 0 aliphatic carbocycles. The highest BCUT2D eigenvalue weighted by atomic mass is 32.2. The molecule has 0 amide bonds. The fraction of sp³-hybridized carbons (Fsp3) is 0.667. The van der Waals surface area contributed by atoms with Crippen molar-refractivity contribution in [2.24, 2.45) is 0 Å². The van der Waals surface area contributed by atoms with E-state index in [4.69, 9.17) is 4.42 Å². The molecule has 9 heteroatoms. The first kappa shape index (κ1) is 18.1. The summed E-state index contributed by atoms with van der Waals surface area (Å²) >= 11 is 0. The largest absolute Gasteiger partial charge is 0.447 e. The summed E-state index contributed by atoms with van der Waals surface area (Å²) in [5.41, 5.74) is 0. The zero-order valence-corrected chi connectivity index (χ0v) is 14.5. The first-order valence-electron chi connectivity index (χ1n) is 6.29. The molecule has 0 unspecified atom stereocenters. The maximum absolute atomic E-state index is 11.8. The first-order chi connectivity index (χ1) is 9.38. The van der Waals surface area contributed by atoms with Crippen LogP contribution in [0.1, 0.15) is 19.6 Å². The van der Waals surface area contributed by atoms with Gasteiger partial charge in [-0.15, -0.1) is 0 Å². The molecule has 0 atom stereocenters. The lowest BCUT2D eigenvalue weighted by Crippen LogP contribution is -2.41. The predicted molar refractivity (Wildman–Crippen MR) is 80.2 cm³/mol. The highest BCUT2D eigenvalue weighted by Crippen LogP contribution is 2.17. The molecular weight excluding hydrogens is 316 g/mol. The van der Waals surface area contributed by atoms with Crippen LogP contribution in [0.4, 0.5) is 0 Å². The molecule has 1 heterocycles. The van der Waals surface area contributed by atoms with Gasteiger partial charge in [-0.05, 0) is 26.0 Å². The van der Waals surface area contributed by atoms with Gasteiger partial charge in [-0.25, -0.2) is 21.1 Å². The van der Waals surface area contributed by atoms with Gasteiger partial charge in [-0.3, -0.25) is 0 Å². The molecule has 0 saturated carbocycles. The van der Waals surface area contributed by atoms with Gasteiger partial charge >= 0.3 is 0 Å². The lowest BCUT2D eigenvalue weighted by molar-refractivity contribution is 0.386. The number of hydrogen-bond donors (Lipinski definition) is 1. The van der Waals surface area contributed by atoms with Gasteiger partial charge in [0, 0.05) is 26.9 Å². The van der Waals surface area contributed by atoms with Crippen LogP contribution in [0.25, 0.3) is 0 Å². The maximum atomic E-state index is 11.8. The number of nitrogens with zero attached hydrogens (tertiary/aromatic N) is 1. The van der Waals surface area contributed by atoms with Crippen LogP contribution in [0.2, 0.25) is 0 Å². The summed E-state index contributed by atoms with van der Waals surface area (Å²) in [5.74, 6) is 0.430. The van der Waals surface area contributed by atoms with Crippen molar-refractivity contribution in [3.63, 3.8) is 0 Å². The van der Waals surface area contributed by atoms with Crippen LogP contribution in [0.15, 0.2) is 21.6 Å². The highest BCUT2D eigenvalue weighted by Gasteiger charge is 2.29. The number of rotatable bonds is 7. The van der Waals surface area contributed by atoms with Gasteiger partial charge in [-0.1, -0.05) is 0 Å². The second-order valence-corrected chi connectivity index (χ2v) is 10.4. The van der Waals surface area contributed by atoms with E-state index in [9.17, 15) is 16.8 Å². The van der Waals surface area contributed by atoms with Crippen LogP contribution in [-0.4, -0.2) is 52.8 Å². The van der Waals surface area contributed by atoms with Crippen molar-refractivity contribution in [3.05, 3.63) is 17.9 Å². The molecule has 0 aromatic carbocycles. The lowest BCUT2D eigenvalue weighted by atomic mass is 10.2. The van der Waals surface area contributed by atoms with Crippen molar-refractivity contribution in [2.45, 2.75) is 30.2 Å². The third-order valence-corrected chi connectivity index (χ3v) is 7.07. The summed E-state index contributed by atoms with van der Waals surface area (Å²) in [4.78, 5) is 0. The topological polar surface area (TPSA) is 96.7 Å². The molecule has 1 rings (SSSR count). The molecule has 0 fully saturated rings. The van der Waals surface area contributed by atoms with E-state index in [1.54, 1.807) is 19.9 Å². The minimum Gasteiger partial charge on any atom is -0.447 e. The molecule has 1 N–H and O–H groups in total. The number of sulfonamides is 1. The number of nitrogens with one attached hydrogen (secondary N) is 1. The van der Waals surface area contributed by atoms with Gasteiger partial charge in [0.05, 0.1) is 11.3 Å². The molecular formula is C12H22N2O5S2. The fourth-order valence-electron chi connectivity index (χ4n) is 1.39. The molecule has 0 aliphatic rings. The maximum Gasteiger partial charge on any atom is 0.275 e. The van der Waals surface area contributed by atoms with E-state index < -0.39 is 24.6 Å². The Labute approximate surface area is 126 Å². The van der Waals surface area contributed by atoms with Gasteiger partial charge < -0.3 is 9.73 Å². The molecule has 0 spiro atoms. The van der Waals surface area contributed by atoms with Crippen molar-refractivity contribution < 1.29 is 21.3 Å². The molecule has 0 bridgehead atoms. The fourth-order valence-corrected chi connectivity index (χ4v) is 2.57. The monoisotopic (exact) mass is 338 g/mol. The SMILES string of the molecule is CN(C)S(=O)(=O)c1ccc(CNCC(C)(C)S(C)(=O)=O)o1. The van der Waals surface area contributed by atoms with Crippen LogP contribution in [0.3, 0.4) is 0 Å². The molecule has 0 radical (unpaired) electrons. The molecule has 21 heavy (non-hydrogen) atoms. The number of furan rings is 1. The Bertz CT molecular complexity index is 687. The quantitative estimate of drug-likeness (QED) is 0.775. The zero-order chi connectivity index (χ0) is 16.5. The van der Waals surface area contributed by atoms with Crippen molar-refractivity contribution in [3.8, 4) is 0 Å². The molecule has 1 aromatic rings. The third-order valence-electron chi connectivity index (χ3n) is 3.23. The summed E-state index contributed by atoms with van der Waals surface area (Å²) in [6.45, 7) is 3.74. The van der Waals surface area contributed by atoms with Gasteiger partial charge in [0.25, 0.3) is 10.0 Å². The molecule has 1 aromatic heterocycles. The second-order valence-electron chi connectivity index (χ2n) is 5.64. The van der Waals surface area contributed by atoms with Crippen LogP contribution >= 0.6 is 0 Å². The van der Waals surface area contributed by atoms with Gasteiger partial charge in [0.2, 0.25) is 5.09 Å². The average Bonchev–Trinajstić information content (AvgIpc) is 2.76. The number of hydrogen-bond acceptors (Lipinski definition) is 6. The van der Waals surface area contributed by atoms with Crippen LogP contribution in [-0.2, 0) is 26.4 Å². The van der Waals surface area contributed by atoms with E-state index >= 15 is 0 Å². The Morgan fingerprint density at radius 3 is 2.24 bits per heavy atom. The third kappa shape index (κ3) is 4.29. The Kier molecular flexibility index (Phi) is 5.25. The summed E-state index contributed by atoms with van der Waals surface area (Å²) < 4.78 is 52.2. The summed E-state index contributed by atoms with van der Waals surface area (Å²) in [6.07, 6.45) is 1.18. The Morgan fingerprint density at radius 2 is 1.76 bits per heavy atom. The van der Waals surface area contributed by atoms with E-state index in [1.165, 1.54) is 26.4 Å². The van der Waals surface area contributed by atoms with E-state index in [-0.39, 0.29) is 18.2 Å². The lowest BCUT2D eigenvalue weighted by Gasteiger charge is -2.22. The Balaban J connectivity index is 2.70. The summed E-state index contributed by atoms with van der Waals surface area (Å²) in [7, 11) is -3.93. The standard InChI is InChI=1S/C12H22N2O5S2/c1-12(2,20(5,15)16)9-13-8-10-6-7-11(19-10)21(17,18)14(3)4/h6-7,13H,8-9H2,1-5H3. The molecule has 122 valence electrons. The number of sulfone groups is 1. The average molecular weight is 338 g/mol. The molecule has 0 saturated heterocycles. The zero-order valence-electron chi connectivity index (χ0n) is 12.9. The van der Waals surface area contributed by atoms with Crippen LogP contribution in [0, 0.1) is 0 Å². The van der Waals surface area contributed by atoms with E-state index in [0.29, 0.717) is 5.76 Å². The van der Waals surface area contributed by atoms with Crippen LogP contribution in [0.5, 0.6) is 0 Å². The predicted octanol–water partition coefficient (Wildman–Crippen LogP) is 0.443. The second kappa shape index (κ2) is 6.07. The normalized spacial score (nSPS) is 13.8. The first-order valence-corrected chi connectivity index (χ1v) is 9.62. The summed E-state index contributed by atoms with van der Waals surface area (Å²) in [6, 6.07) is 2.94. The minimum absolute atomic E-state index is 0.133. The van der Waals surface area contributed by atoms with E-state index in [1.807, 2.05) is 0 Å². The van der Waals surface area contributed by atoms with E-state index in [0.717, 1.165) is 4.31 Å². The van der Waals surface area contributed by atoms with E-state index in [2.05, 4.69) is 5.32 Å². The van der Waals surface area contributed by atoms with Gasteiger partial charge in [-0.2, -0.15) is 0 Å². The summed E-state index contributed by atoms with van der Waals surface area (Å²) in [5, 5.41) is 2.83. The Morgan fingerprint density at radius 1 is 1.19 bits per heavy atom. The van der Waals surface area contributed by atoms with Crippen molar-refractivity contribution in [1.29, 1.82) is 0 Å². The Hall–Kier alpha value is -0.900. The van der Waals surface area contributed by atoms with Crippen molar-refractivity contribution in [1.82, 2.24) is 9.62 Å². The van der Waals surface area contributed by atoms with Gasteiger partial charge in [0.15, 0.2) is 9.84 Å². The van der Waals surface area contributed by atoms with Crippen molar-refractivity contribution in [2.75, 3.05) is 26.9 Å². The van der Waals surface area contributed by atoms with Gasteiger partial charge in [0.1, 0.15) is 5.76 Å². The van der Waals surface area contributed by atoms with Crippen LogP contribution < -0.4 is 5.32 Å². The molecule has 0 aliphatic heterocycles. The molecule has 7 nitrogen and oxygen atoms in total. The smallest absolute Gasteiger partial charge is 0.275 e. The minimum atomic E-state index is -3.59. The van der Waals surface area contributed by atoms with Crippen molar-refractivity contribution >= 4 is 19.9 Å². The highest BCUT2D eigenvalue weighted by molar-refractivity contribution is 7.92.